The molecule has 106 valence electrons. The third kappa shape index (κ3) is 4.92. The monoisotopic (exact) mass is 264 g/mol. The van der Waals surface area contributed by atoms with Crippen LogP contribution in [0, 0.1) is 5.82 Å². The van der Waals surface area contributed by atoms with Crippen LogP contribution >= 0.6 is 0 Å². The molecule has 0 saturated heterocycles. The molecule has 0 aliphatic heterocycles. The molecule has 1 aromatic carbocycles. The fourth-order valence-corrected chi connectivity index (χ4v) is 2.76. The maximum atomic E-state index is 13.5. The first-order valence-corrected chi connectivity index (χ1v) is 7.41. The van der Waals surface area contributed by atoms with Crippen LogP contribution < -0.4 is 5.32 Å². The summed E-state index contributed by atoms with van der Waals surface area (Å²) < 4.78 is 13.5. The van der Waals surface area contributed by atoms with Crippen LogP contribution in [0.3, 0.4) is 0 Å². The summed E-state index contributed by atoms with van der Waals surface area (Å²) in [6, 6.07) is 7.73. The van der Waals surface area contributed by atoms with Gasteiger partial charge in [-0.1, -0.05) is 37.5 Å². The van der Waals surface area contributed by atoms with Crippen molar-refractivity contribution >= 4 is 0 Å². The molecule has 0 spiro atoms. The zero-order valence-electron chi connectivity index (χ0n) is 11.9. The van der Waals surface area contributed by atoms with E-state index in [4.69, 9.17) is 0 Å². The Morgan fingerprint density at radius 3 is 2.68 bits per heavy atom. The van der Waals surface area contributed by atoms with Crippen LogP contribution in [0.2, 0.25) is 0 Å². The van der Waals surface area contributed by atoms with Crippen LogP contribution in [0.5, 0.6) is 0 Å². The van der Waals surface area contributed by atoms with Gasteiger partial charge in [0, 0.05) is 31.2 Å². The van der Waals surface area contributed by atoms with Gasteiger partial charge >= 0.3 is 0 Å². The van der Waals surface area contributed by atoms with Crippen molar-refractivity contribution in [3.63, 3.8) is 0 Å². The van der Waals surface area contributed by atoms with Crippen LogP contribution in [-0.2, 0) is 6.54 Å². The van der Waals surface area contributed by atoms with Crippen molar-refractivity contribution in [1.82, 2.24) is 10.2 Å². The van der Waals surface area contributed by atoms with Gasteiger partial charge in [0.05, 0.1) is 0 Å². The molecule has 1 aliphatic carbocycles. The highest BCUT2D eigenvalue weighted by molar-refractivity contribution is 5.16. The molecule has 0 amide bonds. The first-order chi connectivity index (χ1) is 9.25. The van der Waals surface area contributed by atoms with E-state index in [-0.39, 0.29) is 5.82 Å². The summed E-state index contributed by atoms with van der Waals surface area (Å²) in [7, 11) is 2.05. The molecule has 0 atom stereocenters. The highest BCUT2D eigenvalue weighted by Gasteiger charge is 2.12. The third-order valence-corrected chi connectivity index (χ3v) is 3.93. The van der Waals surface area contributed by atoms with Gasteiger partial charge in [0.1, 0.15) is 5.82 Å². The first kappa shape index (κ1) is 14.5. The Hall–Kier alpha value is -0.930. The second-order valence-electron chi connectivity index (χ2n) is 5.62. The normalized spacial score (nSPS) is 17.0. The molecular weight excluding hydrogens is 239 g/mol. The van der Waals surface area contributed by atoms with Crippen molar-refractivity contribution in [2.45, 2.75) is 44.7 Å². The zero-order valence-corrected chi connectivity index (χ0v) is 11.9. The fourth-order valence-electron chi connectivity index (χ4n) is 2.76. The Balaban J connectivity index is 1.67. The molecule has 1 aromatic rings. The lowest BCUT2D eigenvalue weighted by molar-refractivity contribution is 0.297. The van der Waals surface area contributed by atoms with Crippen molar-refractivity contribution in [3.8, 4) is 0 Å². The average Bonchev–Trinajstić information content (AvgIpc) is 2.43. The number of rotatable bonds is 6. The van der Waals surface area contributed by atoms with E-state index in [1.807, 2.05) is 12.1 Å². The van der Waals surface area contributed by atoms with E-state index >= 15 is 0 Å². The Morgan fingerprint density at radius 1 is 1.21 bits per heavy atom. The van der Waals surface area contributed by atoms with Crippen LogP contribution in [0.15, 0.2) is 24.3 Å². The van der Waals surface area contributed by atoms with E-state index in [0.29, 0.717) is 12.6 Å². The Kier molecular flexibility index (Phi) is 5.80. The molecule has 0 aromatic heterocycles. The van der Waals surface area contributed by atoms with Gasteiger partial charge in [-0.3, -0.25) is 0 Å². The van der Waals surface area contributed by atoms with Crippen molar-refractivity contribution in [1.29, 1.82) is 0 Å². The summed E-state index contributed by atoms with van der Waals surface area (Å²) in [5, 5.41) is 3.62. The van der Waals surface area contributed by atoms with Gasteiger partial charge in [-0.05, 0) is 26.0 Å². The molecule has 0 bridgehead atoms. The maximum absolute atomic E-state index is 13.5. The van der Waals surface area contributed by atoms with Crippen molar-refractivity contribution in [3.05, 3.63) is 35.6 Å². The lowest BCUT2D eigenvalue weighted by Crippen LogP contribution is -2.36. The van der Waals surface area contributed by atoms with E-state index in [9.17, 15) is 4.39 Å². The lowest BCUT2D eigenvalue weighted by atomic mass is 9.95. The zero-order chi connectivity index (χ0) is 13.5. The van der Waals surface area contributed by atoms with E-state index in [0.717, 1.165) is 18.7 Å². The quantitative estimate of drug-likeness (QED) is 0.849. The minimum atomic E-state index is -0.102. The molecule has 3 heteroatoms. The minimum Gasteiger partial charge on any atom is -0.313 e. The Bertz CT molecular complexity index is 375. The Labute approximate surface area is 116 Å². The van der Waals surface area contributed by atoms with Crippen LogP contribution in [0.25, 0.3) is 0 Å². The van der Waals surface area contributed by atoms with E-state index in [1.54, 1.807) is 6.07 Å². The molecule has 2 rings (SSSR count). The van der Waals surface area contributed by atoms with Gasteiger partial charge in [-0.25, -0.2) is 4.39 Å². The molecule has 1 N–H and O–H groups in total. The molecule has 2 nitrogen and oxygen atoms in total. The topological polar surface area (TPSA) is 15.3 Å². The van der Waals surface area contributed by atoms with Crippen LogP contribution in [0.4, 0.5) is 4.39 Å². The van der Waals surface area contributed by atoms with Gasteiger partial charge < -0.3 is 10.2 Å². The second-order valence-corrected chi connectivity index (χ2v) is 5.62. The lowest BCUT2D eigenvalue weighted by Gasteiger charge is -2.24. The molecular formula is C16H25FN2. The van der Waals surface area contributed by atoms with Crippen molar-refractivity contribution in [2.75, 3.05) is 20.1 Å². The van der Waals surface area contributed by atoms with E-state index in [2.05, 4.69) is 17.3 Å². The summed E-state index contributed by atoms with van der Waals surface area (Å²) in [6.07, 6.45) is 6.75. The number of halogens is 1. The summed E-state index contributed by atoms with van der Waals surface area (Å²) in [4.78, 5) is 2.17. The van der Waals surface area contributed by atoms with E-state index < -0.39 is 0 Å². The number of hydrogen-bond donors (Lipinski definition) is 1. The summed E-state index contributed by atoms with van der Waals surface area (Å²) >= 11 is 0. The molecule has 19 heavy (non-hydrogen) atoms. The molecule has 1 saturated carbocycles. The van der Waals surface area contributed by atoms with Gasteiger partial charge in [0.25, 0.3) is 0 Å². The second kappa shape index (κ2) is 7.61. The van der Waals surface area contributed by atoms with Gasteiger partial charge in [-0.2, -0.15) is 0 Å². The highest BCUT2D eigenvalue weighted by Crippen LogP contribution is 2.17. The molecule has 1 fully saturated rings. The van der Waals surface area contributed by atoms with Crippen molar-refractivity contribution in [2.24, 2.45) is 0 Å². The predicted molar refractivity (Wildman–Crippen MR) is 77.6 cm³/mol. The third-order valence-electron chi connectivity index (χ3n) is 3.93. The van der Waals surface area contributed by atoms with Gasteiger partial charge in [-0.15, -0.1) is 0 Å². The molecule has 0 unspecified atom stereocenters. The number of nitrogens with zero attached hydrogens (tertiary/aromatic N) is 1. The largest absolute Gasteiger partial charge is 0.313 e. The molecule has 0 radical (unpaired) electrons. The average molecular weight is 264 g/mol. The molecule has 0 heterocycles. The highest BCUT2D eigenvalue weighted by atomic mass is 19.1. The maximum Gasteiger partial charge on any atom is 0.127 e. The number of likely N-dealkylation sites (N-methyl/N-ethyl adjacent to an activating group) is 1. The van der Waals surface area contributed by atoms with E-state index in [1.165, 1.54) is 38.2 Å². The summed E-state index contributed by atoms with van der Waals surface area (Å²) in [5.41, 5.74) is 0.780. The SMILES string of the molecule is CN(CCNC1CCCCC1)Cc1ccccc1F. The predicted octanol–water partition coefficient (Wildman–Crippen LogP) is 3.18. The first-order valence-electron chi connectivity index (χ1n) is 7.41. The number of hydrogen-bond acceptors (Lipinski definition) is 2. The fraction of sp³-hybridized carbons (Fsp3) is 0.625. The summed E-state index contributed by atoms with van der Waals surface area (Å²) in [6.45, 7) is 2.64. The standard InChI is InChI=1S/C16H25FN2/c1-19(13-14-7-5-6-10-16(14)17)12-11-18-15-8-3-2-4-9-15/h5-7,10,15,18H,2-4,8-9,11-13H2,1H3. The molecule has 1 aliphatic rings. The summed E-state index contributed by atoms with van der Waals surface area (Å²) in [5.74, 6) is -0.102. The van der Waals surface area contributed by atoms with Crippen LogP contribution in [0.1, 0.15) is 37.7 Å². The van der Waals surface area contributed by atoms with Crippen LogP contribution in [-0.4, -0.2) is 31.1 Å². The Morgan fingerprint density at radius 2 is 1.95 bits per heavy atom. The number of nitrogens with one attached hydrogen (secondary N) is 1. The minimum absolute atomic E-state index is 0.102. The van der Waals surface area contributed by atoms with Gasteiger partial charge in [0.15, 0.2) is 0 Å². The van der Waals surface area contributed by atoms with Gasteiger partial charge in [0.2, 0.25) is 0 Å². The van der Waals surface area contributed by atoms with Crippen molar-refractivity contribution < 1.29 is 4.39 Å². The smallest absolute Gasteiger partial charge is 0.127 e. The number of benzene rings is 1.